The number of rotatable bonds is 7. The molecule has 1 atom stereocenters. The Balaban J connectivity index is 1.61. The summed E-state index contributed by atoms with van der Waals surface area (Å²) in [5.41, 5.74) is 8.38. The van der Waals surface area contributed by atoms with Crippen molar-refractivity contribution < 1.29 is 0 Å². The van der Waals surface area contributed by atoms with Crippen LogP contribution in [0.1, 0.15) is 17.2 Å². The molecule has 26 heavy (non-hydrogen) atoms. The van der Waals surface area contributed by atoms with Crippen molar-refractivity contribution in [3.63, 3.8) is 0 Å². The van der Waals surface area contributed by atoms with Crippen molar-refractivity contribution in [1.82, 2.24) is 15.1 Å². The summed E-state index contributed by atoms with van der Waals surface area (Å²) in [6.07, 6.45) is 4.58. The lowest BCUT2D eigenvalue weighted by Crippen LogP contribution is -2.34. The normalized spacial score (nSPS) is 12.7. The Morgan fingerprint density at radius 1 is 1.12 bits per heavy atom. The maximum Gasteiger partial charge on any atom is 0.188 e. The molecule has 0 saturated heterocycles. The molecule has 3 rings (SSSR count). The lowest BCUT2D eigenvalue weighted by Gasteiger charge is -2.17. The van der Waals surface area contributed by atoms with E-state index in [9.17, 15) is 0 Å². The molecule has 3 N–H and O–H groups in total. The second-order valence-corrected chi connectivity index (χ2v) is 6.38. The van der Waals surface area contributed by atoms with Gasteiger partial charge in [0.2, 0.25) is 0 Å². The van der Waals surface area contributed by atoms with Gasteiger partial charge in [-0.05, 0) is 35.7 Å². The Kier molecular flexibility index (Phi) is 6.28. The van der Waals surface area contributed by atoms with E-state index >= 15 is 0 Å². The zero-order valence-electron chi connectivity index (χ0n) is 14.4. The standard InChI is InChI=1S/C20H22ClN5/c21-18-9-7-17(8-10-18)19(26-14-4-12-25-26)15-24-20(22)23-13-11-16-5-2-1-3-6-16/h1-10,12,14,19H,11,13,15H2,(H3,22,23,24). The van der Waals surface area contributed by atoms with Gasteiger partial charge < -0.3 is 11.1 Å². The Labute approximate surface area is 158 Å². The zero-order chi connectivity index (χ0) is 18.2. The van der Waals surface area contributed by atoms with Crippen LogP contribution in [0, 0.1) is 0 Å². The maximum atomic E-state index is 6.03. The quantitative estimate of drug-likeness (QED) is 0.497. The van der Waals surface area contributed by atoms with E-state index in [4.69, 9.17) is 17.3 Å². The number of benzene rings is 2. The molecular weight excluding hydrogens is 346 g/mol. The molecule has 6 heteroatoms. The summed E-state index contributed by atoms with van der Waals surface area (Å²) >= 11 is 6.00. The van der Waals surface area contributed by atoms with E-state index in [1.165, 1.54) is 5.56 Å². The third kappa shape index (κ3) is 5.10. The van der Waals surface area contributed by atoms with Gasteiger partial charge in [0.05, 0.1) is 12.6 Å². The number of hydrogen-bond donors (Lipinski definition) is 2. The van der Waals surface area contributed by atoms with Crippen molar-refractivity contribution in [3.8, 4) is 0 Å². The summed E-state index contributed by atoms with van der Waals surface area (Å²) in [5.74, 6) is 0.437. The average molecular weight is 368 g/mol. The molecule has 3 aromatic rings. The van der Waals surface area contributed by atoms with Gasteiger partial charge in [-0.2, -0.15) is 5.10 Å². The van der Waals surface area contributed by atoms with Crippen molar-refractivity contribution in [3.05, 3.63) is 89.2 Å². The predicted molar refractivity (Wildman–Crippen MR) is 106 cm³/mol. The highest BCUT2D eigenvalue weighted by Crippen LogP contribution is 2.20. The number of aliphatic imine (C=N–C) groups is 1. The fourth-order valence-corrected chi connectivity index (χ4v) is 2.84. The average Bonchev–Trinajstić information content (AvgIpc) is 3.19. The van der Waals surface area contributed by atoms with Gasteiger partial charge in [-0.15, -0.1) is 0 Å². The monoisotopic (exact) mass is 367 g/mol. The lowest BCUT2D eigenvalue weighted by atomic mass is 10.1. The molecule has 1 aromatic heterocycles. The lowest BCUT2D eigenvalue weighted by molar-refractivity contribution is 0.532. The smallest absolute Gasteiger partial charge is 0.188 e. The van der Waals surface area contributed by atoms with Gasteiger partial charge in [0.25, 0.3) is 0 Å². The van der Waals surface area contributed by atoms with E-state index in [0.717, 1.165) is 18.5 Å². The van der Waals surface area contributed by atoms with Crippen LogP contribution in [0.15, 0.2) is 78.0 Å². The highest BCUT2D eigenvalue weighted by atomic mass is 35.5. The summed E-state index contributed by atoms with van der Waals surface area (Å²) in [7, 11) is 0. The molecule has 0 fully saturated rings. The molecule has 1 unspecified atom stereocenters. The van der Waals surface area contributed by atoms with Crippen LogP contribution in [0.4, 0.5) is 0 Å². The van der Waals surface area contributed by atoms with Crippen molar-refractivity contribution in [2.45, 2.75) is 12.5 Å². The van der Waals surface area contributed by atoms with E-state index in [0.29, 0.717) is 17.5 Å². The number of halogens is 1. The number of guanidine groups is 1. The first-order valence-corrected chi connectivity index (χ1v) is 8.92. The third-order valence-corrected chi connectivity index (χ3v) is 4.35. The second-order valence-electron chi connectivity index (χ2n) is 5.94. The molecule has 0 amide bonds. The minimum absolute atomic E-state index is 0.0308. The molecular formula is C20H22ClN5. The van der Waals surface area contributed by atoms with Crippen molar-refractivity contribution in [1.29, 1.82) is 0 Å². The van der Waals surface area contributed by atoms with Crippen LogP contribution in [-0.2, 0) is 6.42 Å². The van der Waals surface area contributed by atoms with Crippen molar-refractivity contribution in [2.24, 2.45) is 10.7 Å². The summed E-state index contributed by atoms with van der Waals surface area (Å²) in [5, 5.41) is 8.22. The molecule has 2 aromatic carbocycles. The van der Waals surface area contributed by atoms with Gasteiger partial charge in [-0.25, -0.2) is 0 Å². The van der Waals surface area contributed by atoms with Crippen LogP contribution in [0.5, 0.6) is 0 Å². The van der Waals surface area contributed by atoms with Crippen LogP contribution in [-0.4, -0.2) is 28.8 Å². The molecule has 0 aliphatic heterocycles. The van der Waals surface area contributed by atoms with Crippen LogP contribution in [0.25, 0.3) is 0 Å². The fraction of sp³-hybridized carbons (Fsp3) is 0.200. The molecule has 5 nitrogen and oxygen atoms in total. The Morgan fingerprint density at radius 2 is 1.88 bits per heavy atom. The zero-order valence-corrected chi connectivity index (χ0v) is 15.2. The Morgan fingerprint density at radius 3 is 2.58 bits per heavy atom. The molecule has 0 aliphatic rings. The van der Waals surface area contributed by atoms with Gasteiger partial charge in [0.1, 0.15) is 0 Å². The molecule has 134 valence electrons. The number of hydrogen-bond acceptors (Lipinski definition) is 2. The van der Waals surface area contributed by atoms with E-state index in [1.807, 2.05) is 59.4 Å². The first-order valence-electron chi connectivity index (χ1n) is 8.54. The SMILES string of the molecule is NC(=NCC(c1ccc(Cl)cc1)n1cccn1)NCCc1ccccc1. The summed E-state index contributed by atoms with van der Waals surface area (Å²) in [6, 6.07) is 19.9. The minimum atomic E-state index is -0.0308. The number of nitrogens with one attached hydrogen (secondary N) is 1. The van der Waals surface area contributed by atoms with E-state index in [2.05, 4.69) is 27.5 Å². The van der Waals surface area contributed by atoms with Crippen LogP contribution in [0.2, 0.25) is 5.02 Å². The largest absolute Gasteiger partial charge is 0.370 e. The topological polar surface area (TPSA) is 68.2 Å². The predicted octanol–water partition coefficient (Wildman–Crippen LogP) is 3.27. The van der Waals surface area contributed by atoms with E-state index < -0.39 is 0 Å². The van der Waals surface area contributed by atoms with Gasteiger partial charge in [-0.3, -0.25) is 9.67 Å². The summed E-state index contributed by atoms with van der Waals surface area (Å²) < 4.78 is 1.88. The minimum Gasteiger partial charge on any atom is -0.370 e. The van der Waals surface area contributed by atoms with Gasteiger partial charge in [0, 0.05) is 24.0 Å². The Hall–Kier alpha value is -2.79. The molecule has 0 saturated carbocycles. The summed E-state index contributed by atoms with van der Waals surface area (Å²) in [4.78, 5) is 4.50. The number of nitrogens with zero attached hydrogens (tertiary/aromatic N) is 3. The first-order chi connectivity index (χ1) is 12.7. The maximum absolute atomic E-state index is 6.03. The Bertz CT molecular complexity index is 813. The molecule has 0 radical (unpaired) electrons. The molecule has 0 spiro atoms. The van der Waals surface area contributed by atoms with Gasteiger partial charge in [-0.1, -0.05) is 54.1 Å². The fourth-order valence-electron chi connectivity index (χ4n) is 2.71. The first kappa shape index (κ1) is 18.0. The van der Waals surface area contributed by atoms with E-state index in [1.54, 1.807) is 6.20 Å². The second kappa shape index (κ2) is 9.06. The van der Waals surface area contributed by atoms with Crippen LogP contribution >= 0.6 is 11.6 Å². The third-order valence-electron chi connectivity index (χ3n) is 4.10. The van der Waals surface area contributed by atoms with Gasteiger partial charge >= 0.3 is 0 Å². The molecule has 0 aliphatic carbocycles. The highest BCUT2D eigenvalue weighted by molar-refractivity contribution is 6.30. The highest BCUT2D eigenvalue weighted by Gasteiger charge is 2.13. The van der Waals surface area contributed by atoms with Gasteiger partial charge in [0.15, 0.2) is 5.96 Å². The van der Waals surface area contributed by atoms with E-state index in [-0.39, 0.29) is 6.04 Å². The van der Waals surface area contributed by atoms with Crippen molar-refractivity contribution >= 4 is 17.6 Å². The molecule has 1 heterocycles. The van der Waals surface area contributed by atoms with Crippen LogP contribution in [0.3, 0.4) is 0 Å². The summed E-state index contributed by atoms with van der Waals surface area (Å²) in [6.45, 7) is 1.24. The number of aromatic nitrogens is 2. The van der Waals surface area contributed by atoms with Crippen LogP contribution < -0.4 is 11.1 Å². The number of nitrogens with two attached hydrogens (primary N) is 1. The molecule has 0 bridgehead atoms. The van der Waals surface area contributed by atoms with Crippen molar-refractivity contribution in [2.75, 3.05) is 13.1 Å².